The Kier molecular flexibility index (Phi) is 17.1. The minimum Gasteiger partial charge on any atom is -0.108 e. The van der Waals surface area contributed by atoms with Crippen molar-refractivity contribution < 1.29 is 0 Å². The number of hydrogen-bond acceptors (Lipinski definition) is 0. The number of hydrogen-bond donors (Lipinski definition) is 0. The molecule has 0 spiro atoms. The molecule has 0 nitrogen and oxygen atoms in total. The van der Waals surface area contributed by atoms with Crippen molar-refractivity contribution in [1.29, 1.82) is 0 Å². The number of rotatable bonds is 6. The van der Waals surface area contributed by atoms with E-state index in [9.17, 15) is 0 Å². The van der Waals surface area contributed by atoms with Crippen LogP contribution in [0.2, 0.25) is 0 Å². The van der Waals surface area contributed by atoms with Crippen molar-refractivity contribution in [3.63, 3.8) is 0 Å². The van der Waals surface area contributed by atoms with Gasteiger partial charge in [0, 0.05) is 0 Å². The molecule has 0 aliphatic rings. The highest BCUT2D eigenvalue weighted by atomic mass is 31.1. The van der Waals surface area contributed by atoms with Gasteiger partial charge in [-0.05, 0) is 37.0 Å². The first-order chi connectivity index (χ1) is 6.69. The van der Waals surface area contributed by atoms with E-state index in [0.29, 0.717) is 15.8 Å². The topological polar surface area (TPSA) is 0 Å². The molecule has 0 fully saturated rings. The van der Waals surface area contributed by atoms with E-state index in [4.69, 9.17) is 0 Å². The van der Waals surface area contributed by atoms with Gasteiger partial charge in [0.15, 0.2) is 0 Å². The van der Waals surface area contributed by atoms with Gasteiger partial charge in [0.25, 0.3) is 0 Å². The fourth-order valence-corrected chi connectivity index (χ4v) is 4.02. The van der Waals surface area contributed by atoms with Crippen LogP contribution >= 0.6 is 15.8 Å². The Labute approximate surface area is 94.8 Å². The molecule has 0 N–H and O–H groups in total. The normalized spacial score (nSPS) is 10.3. The Morgan fingerprint density at radius 3 is 0.571 bits per heavy atom. The van der Waals surface area contributed by atoms with Gasteiger partial charge in [-0.15, -0.1) is 15.8 Å². The van der Waals surface area contributed by atoms with Gasteiger partial charge in [-0.3, -0.25) is 0 Å². The van der Waals surface area contributed by atoms with Crippen molar-refractivity contribution >= 4 is 15.8 Å². The minimum absolute atomic E-state index is 0.446. The molecule has 0 aromatic carbocycles. The molecular weight excluding hydrogens is 206 g/mol. The van der Waals surface area contributed by atoms with Gasteiger partial charge < -0.3 is 0 Å². The third-order valence-corrected chi connectivity index (χ3v) is 8.05. The summed E-state index contributed by atoms with van der Waals surface area (Å²) in [6.07, 6.45) is 8.51. The summed E-state index contributed by atoms with van der Waals surface area (Å²) in [4.78, 5) is 0. The second-order valence-electron chi connectivity index (χ2n) is 3.24. The highest BCUT2D eigenvalue weighted by Crippen LogP contribution is 2.32. The lowest BCUT2D eigenvalue weighted by atomic mass is 10.9. The van der Waals surface area contributed by atoms with Gasteiger partial charge in [-0.2, -0.15) is 0 Å². The summed E-state index contributed by atoms with van der Waals surface area (Å²) in [5, 5.41) is 0. The maximum atomic E-state index is 2.29. The molecule has 88 valence electrons. The van der Waals surface area contributed by atoms with E-state index < -0.39 is 0 Å². The first-order valence-electron chi connectivity index (χ1n) is 6.14. The van der Waals surface area contributed by atoms with Gasteiger partial charge in [0.05, 0.1) is 0 Å². The average Bonchev–Trinajstić information content (AvgIpc) is 2.24. The van der Waals surface area contributed by atoms with Crippen LogP contribution in [0.1, 0.15) is 41.5 Å². The van der Waals surface area contributed by atoms with Crippen molar-refractivity contribution in [2.45, 2.75) is 41.5 Å². The van der Waals surface area contributed by atoms with E-state index in [1.54, 1.807) is 0 Å². The van der Waals surface area contributed by atoms with Crippen molar-refractivity contribution in [2.24, 2.45) is 0 Å². The summed E-state index contributed by atoms with van der Waals surface area (Å²) >= 11 is 0. The predicted molar refractivity (Wildman–Crippen MR) is 77.1 cm³/mol. The quantitative estimate of drug-likeness (QED) is 0.566. The van der Waals surface area contributed by atoms with Crippen LogP contribution in [0.15, 0.2) is 0 Å². The minimum atomic E-state index is 0.446. The van der Waals surface area contributed by atoms with Gasteiger partial charge in [0.1, 0.15) is 0 Å². The van der Waals surface area contributed by atoms with Crippen LogP contribution in [0.3, 0.4) is 0 Å². The molecule has 0 aliphatic carbocycles. The smallest absolute Gasteiger partial charge is 0.0355 e. The maximum absolute atomic E-state index is 2.29. The molecule has 0 unspecified atom stereocenters. The molecule has 14 heavy (non-hydrogen) atoms. The SMILES string of the molecule is CCP(CC)CC.CCP(CC)CC. The van der Waals surface area contributed by atoms with Crippen molar-refractivity contribution in [3.05, 3.63) is 0 Å². The Morgan fingerprint density at radius 1 is 0.429 bits per heavy atom. The fraction of sp³-hybridized carbons (Fsp3) is 1.00. The summed E-state index contributed by atoms with van der Waals surface area (Å²) in [6.45, 7) is 13.7. The molecule has 0 atom stereocenters. The van der Waals surface area contributed by atoms with Crippen LogP contribution in [-0.2, 0) is 0 Å². The summed E-state index contributed by atoms with van der Waals surface area (Å²) in [5.41, 5.74) is 0. The third kappa shape index (κ3) is 10.9. The average molecular weight is 236 g/mol. The lowest BCUT2D eigenvalue weighted by Crippen LogP contribution is -1.83. The van der Waals surface area contributed by atoms with Crippen LogP contribution in [0.4, 0.5) is 0 Å². The zero-order chi connectivity index (χ0) is 11.4. The lowest BCUT2D eigenvalue weighted by molar-refractivity contribution is 1.35. The van der Waals surface area contributed by atoms with Crippen LogP contribution in [0.5, 0.6) is 0 Å². The van der Waals surface area contributed by atoms with Crippen molar-refractivity contribution in [1.82, 2.24) is 0 Å². The van der Waals surface area contributed by atoms with E-state index in [0.717, 1.165) is 0 Å². The summed E-state index contributed by atoms with van der Waals surface area (Å²) in [7, 11) is 0.892. The molecule has 0 radical (unpaired) electrons. The monoisotopic (exact) mass is 236 g/mol. The van der Waals surface area contributed by atoms with Crippen molar-refractivity contribution in [2.75, 3.05) is 37.0 Å². The Hall–Kier alpha value is 0.860. The third-order valence-electron chi connectivity index (χ3n) is 2.68. The van der Waals surface area contributed by atoms with Crippen LogP contribution < -0.4 is 0 Å². The Bertz CT molecular complexity index is 63.3. The Morgan fingerprint density at radius 2 is 0.571 bits per heavy atom. The molecule has 0 saturated heterocycles. The molecule has 0 amide bonds. The molecule has 0 aromatic rings. The molecule has 2 heteroatoms. The van der Waals surface area contributed by atoms with E-state index in [1.165, 1.54) is 37.0 Å². The van der Waals surface area contributed by atoms with E-state index >= 15 is 0 Å². The van der Waals surface area contributed by atoms with Crippen LogP contribution in [0, 0.1) is 0 Å². The highest BCUT2D eigenvalue weighted by Gasteiger charge is 1.94. The van der Waals surface area contributed by atoms with E-state index in [1.807, 2.05) is 0 Å². The zero-order valence-electron chi connectivity index (χ0n) is 11.1. The van der Waals surface area contributed by atoms with Crippen LogP contribution in [0.25, 0.3) is 0 Å². The molecule has 0 rings (SSSR count). The Balaban J connectivity index is 0. The van der Waals surface area contributed by atoms with E-state index in [2.05, 4.69) is 41.5 Å². The fourth-order valence-electron chi connectivity index (χ4n) is 1.34. The summed E-state index contributed by atoms with van der Waals surface area (Å²) in [6, 6.07) is 0. The summed E-state index contributed by atoms with van der Waals surface area (Å²) < 4.78 is 0. The largest absolute Gasteiger partial charge is 0.108 e. The van der Waals surface area contributed by atoms with Crippen molar-refractivity contribution in [3.8, 4) is 0 Å². The van der Waals surface area contributed by atoms with Crippen LogP contribution in [-0.4, -0.2) is 37.0 Å². The first kappa shape index (κ1) is 17.3. The maximum Gasteiger partial charge on any atom is -0.0355 e. The molecule has 0 aromatic heterocycles. The molecule has 0 aliphatic heterocycles. The molecule has 0 heterocycles. The van der Waals surface area contributed by atoms with E-state index in [-0.39, 0.29) is 0 Å². The zero-order valence-corrected chi connectivity index (χ0v) is 12.9. The first-order valence-corrected chi connectivity index (χ1v) is 9.93. The molecule has 0 saturated carbocycles. The second-order valence-corrected chi connectivity index (χ2v) is 9.72. The summed E-state index contributed by atoms with van der Waals surface area (Å²) in [5.74, 6) is 0. The predicted octanol–water partition coefficient (Wildman–Crippen LogP) is 5.06. The second kappa shape index (κ2) is 13.9. The molecule has 0 bridgehead atoms. The lowest BCUT2D eigenvalue weighted by Gasteiger charge is -2.07. The highest BCUT2D eigenvalue weighted by molar-refractivity contribution is 7.57. The van der Waals surface area contributed by atoms with Gasteiger partial charge >= 0.3 is 0 Å². The standard InChI is InChI=1S/2C6H15P/c2*1-4-7(5-2)6-3/h2*4-6H2,1-3H3. The molecular formula is C12H30P2. The van der Waals surface area contributed by atoms with Gasteiger partial charge in [-0.1, -0.05) is 41.5 Å². The van der Waals surface area contributed by atoms with Gasteiger partial charge in [0.2, 0.25) is 0 Å². The van der Waals surface area contributed by atoms with Gasteiger partial charge in [-0.25, -0.2) is 0 Å².